The van der Waals surface area contributed by atoms with Crippen LogP contribution >= 0.6 is 0 Å². The molecule has 0 atom stereocenters. The highest BCUT2D eigenvalue weighted by molar-refractivity contribution is 5.67. The van der Waals surface area contributed by atoms with E-state index in [4.69, 9.17) is 0 Å². The highest BCUT2D eigenvalue weighted by Gasteiger charge is 2.02. The van der Waals surface area contributed by atoms with E-state index >= 15 is 0 Å². The molecular weight excluding hydrogens is 157 g/mol. The molecule has 2 nitrogen and oxygen atoms in total. The van der Waals surface area contributed by atoms with Gasteiger partial charge in [0.05, 0.1) is 5.70 Å². The van der Waals surface area contributed by atoms with Crippen LogP contribution in [0.5, 0.6) is 0 Å². The van der Waals surface area contributed by atoms with Crippen molar-refractivity contribution in [2.24, 2.45) is 4.99 Å². The first kappa shape index (κ1) is 8.37. The van der Waals surface area contributed by atoms with Crippen LogP contribution in [-0.2, 0) is 4.79 Å². The second-order valence-corrected chi connectivity index (χ2v) is 2.13. The first-order valence-corrected chi connectivity index (χ1v) is 3.27. The molecule has 3 heteroatoms. The maximum atomic E-state index is 12.9. The number of benzene rings is 1. The molecule has 0 fully saturated rings. The second kappa shape index (κ2) is 3.60. The van der Waals surface area contributed by atoms with Crippen LogP contribution in [0.15, 0.2) is 35.8 Å². The molecule has 0 amide bonds. The predicted octanol–water partition coefficient (Wildman–Crippen LogP) is 2.13. The normalized spacial score (nSPS) is 8.75. The fraction of sp³-hybridized carbons (Fsp3) is 0. The van der Waals surface area contributed by atoms with Crippen LogP contribution in [0.1, 0.15) is 5.56 Å². The monoisotopic (exact) mass is 163 g/mol. The molecule has 0 N–H and O–H groups in total. The van der Waals surface area contributed by atoms with Crippen LogP contribution in [0.3, 0.4) is 0 Å². The number of aliphatic imine (C=N–C) groups is 1. The first-order valence-electron chi connectivity index (χ1n) is 3.27. The zero-order valence-electron chi connectivity index (χ0n) is 6.25. The molecule has 1 aromatic carbocycles. The van der Waals surface area contributed by atoms with Gasteiger partial charge in [-0.2, -0.15) is 4.99 Å². The topological polar surface area (TPSA) is 29.4 Å². The Kier molecular flexibility index (Phi) is 2.51. The molecule has 0 aliphatic rings. The van der Waals surface area contributed by atoms with Gasteiger partial charge >= 0.3 is 0 Å². The standard InChI is InChI=1S/C9H6FNO/c1-7(11-6-12)8-4-2-3-5-9(8)10/h2-5H,1H2. The quantitative estimate of drug-likeness (QED) is 0.485. The number of carbonyl (C=O) groups excluding carboxylic acids is 1. The van der Waals surface area contributed by atoms with E-state index in [1.165, 1.54) is 18.2 Å². The molecule has 0 aliphatic heterocycles. The highest BCUT2D eigenvalue weighted by atomic mass is 19.1. The van der Waals surface area contributed by atoms with Crippen LogP contribution in [-0.4, -0.2) is 6.08 Å². The Bertz CT molecular complexity index is 353. The SMILES string of the molecule is C=C(N=C=O)c1ccccc1F. The van der Waals surface area contributed by atoms with Gasteiger partial charge in [-0.25, -0.2) is 9.18 Å². The lowest BCUT2D eigenvalue weighted by Crippen LogP contribution is -1.84. The van der Waals surface area contributed by atoms with Crippen molar-refractivity contribution in [1.82, 2.24) is 0 Å². The third-order valence-electron chi connectivity index (χ3n) is 1.37. The maximum Gasteiger partial charge on any atom is 0.240 e. The average molecular weight is 163 g/mol. The molecule has 1 rings (SSSR count). The lowest BCUT2D eigenvalue weighted by atomic mass is 10.2. The van der Waals surface area contributed by atoms with Gasteiger partial charge in [-0.15, -0.1) is 0 Å². The van der Waals surface area contributed by atoms with Crippen molar-refractivity contribution in [1.29, 1.82) is 0 Å². The molecule has 1 aromatic rings. The average Bonchev–Trinajstić information content (AvgIpc) is 2.05. The summed E-state index contributed by atoms with van der Waals surface area (Å²) in [4.78, 5) is 13.0. The van der Waals surface area contributed by atoms with Crippen molar-refractivity contribution < 1.29 is 9.18 Å². The lowest BCUT2D eigenvalue weighted by Gasteiger charge is -1.97. The largest absolute Gasteiger partial charge is 0.240 e. The molecule has 0 radical (unpaired) electrons. The molecule has 0 aromatic heterocycles. The summed E-state index contributed by atoms with van der Waals surface area (Å²) in [6.07, 6.45) is 1.30. The maximum absolute atomic E-state index is 12.9. The number of isocyanates is 1. The van der Waals surface area contributed by atoms with Crippen molar-refractivity contribution in [3.63, 3.8) is 0 Å². The van der Waals surface area contributed by atoms with E-state index in [2.05, 4.69) is 11.6 Å². The van der Waals surface area contributed by atoms with Gasteiger partial charge in [-0.1, -0.05) is 18.7 Å². The van der Waals surface area contributed by atoms with Gasteiger partial charge in [0, 0.05) is 5.56 Å². The molecule has 0 bridgehead atoms. The number of halogens is 1. The summed E-state index contributed by atoms with van der Waals surface area (Å²) < 4.78 is 12.9. The fourth-order valence-corrected chi connectivity index (χ4v) is 0.811. The Hall–Kier alpha value is -1.73. The van der Waals surface area contributed by atoms with Crippen LogP contribution in [0.4, 0.5) is 4.39 Å². The summed E-state index contributed by atoms with van der Waals surface area (Å²) in [7, 11) is 0. The Labute approximate surface area is 69.1 Å². The van der Waals surface area contributed by atoms with Crippen LogP contribution in [0, 0.1) is 5.82 Å². The molecule has 0 saturated carbocycles. The van der Waals surface area contributed by atoms with Crippen molar-refractivity contribution in [2.75, 3.05) is 0 Å². The van der Waals surface area contributed by atoms with Gasteiger partial charge in [0.25, 0.3) is 0 Å². The molecule has 60 valence electrons. The van der Waals surface area contributed by atoms with Crippen molar-refractivity contribution in [3.05, 3.63) is 42.2 Å². The van der Waals surface area contributed by atoms with E-state index in [0.29, 0.717) is 0 Å². The second-order valence-electron chi connectivity index (χ2n) is 2.13. The van der Waals surface area contributed by atoms with Gasteiger partial charge in [0.2, 0.25) is 6.08 Å². The minimum Gasteiger partial charge on any atom is -0.211 e. The van der Waals surface area contributed by atoms with Gasteiger partial charge in [0.1, 0.15) is 5.82 Å². The van der Waals surface area contributed by atoms with Crippen LogP contribution in [0.25, 0.3) is 5.70 Å². The summed E-state index contributed by atoms with van der Waals surface area (Å²) >= 11 is 0. The Morgan fingerprint density at radius 3 is 2.75 bits per heavy atom. The van der Waals surface area contributed by atoms with E-state index in [9.17, 15) is 9.18 Å². The molecule has 0 spiro atoms. The summed E-state index contributed by atoms with van der Waals surface area (Å²) in [5.41, 5.74) is 0.309. The van der Waals surface area contributed by atoms with Gasteiger partial charge in [-0.05, 0) is 12.1 Å². The van der Waals surface area contributed by atoms with E-state index in [0.717, 1.165) is 0 Å². The number of rotatable bonds is 2. The minimum absolute atomic E-state index is 0.0862. The highest BCUT2D eigenvalue weighted by Crippen LogP contribution is 2.16. The van der Waals surface area contributed by atoms with Crippen LogP contribution in [0.2, 0.25) is 0 Å². The van der Waals surface area contributed by atoms with E-state index in [1.54, 1.807) is 12.1 Å². The molecule has 12 heavy (non-hydrogen) atoms. The Morgan fingerprint density at radius 2 is 2.17 bits per heavy atom. The third-order valence-corrected chi connectivity index (χ3v) is 1.37. The molecule has 0 aliphatic carbocycles. The molecule has 0 heterocycles. The lowest BCUT2D eigenvalue weighted by molar-refractivity contribution is 0.565. The third kappa shape index (κ3) is 1.65. The number of hydrogen-bond donors (Lipinski definition) is 0. The van der Waals surface area contributed by atoms with Crippen molar-refractivity contribution >= 4 is 11.8 Å². The van der Waals surface area contributed by atoms with Gasteiger partial charge in [0.15, 0.2) is 0 Å². The van der Waals surface area contributed by atoms with E-state index in [-0.39, 0.29) is 11.3 Å². The zero-order valence-corrected chi connectivity index (χ0v) is 6.25. The summed E-state index contributed by atoms with van der Waals surface area (Å²) in [6.45, 7) is 3.41. The summed E-state index contributed by atoms with van der Waals surface area (Å²) in [5.74, 6) is -0.443. The summed E-state index contributed by atoms with van der Waals surface area (Å²) in [6, 6.07) is 5.97. The first-order chi connectivity index (χ1) is 5.75. The number of nitrogens with zero attached hydrogens (tertiary/aromatic N) is 1. The van der Waals surface area contributed by atoms with Crippen LogP contribution < -0.4 is 0 Å². The van der Waals surface area contributed by atoms with Crippen molar-refractivity contribution in [3.8, 4) is 0 Å². The molecular formula is C9H6FNO. The molecule has 0 saturated heterocycles. The minimum atomic E-state index is -0.443. The van der Waals surface area contributed by atoms with Crippen molar-refractivity contribution in [2.45, 2.75) is 0 Å². The zero-order chi connectivity index (χ0) is 8.97. The Balaban J connectivity index is 3.11. The number of hydrogen-bond acceptors (Lipinski definition) is 2. The Morgan fingerprint density at radius 1 is 1.50 bits per heavy atom. The van der Waals surface area contributed by atoms with Gasteiger partial charge < -0.3 is 0 Å². The van der Waals surface area contributed by atoms with E-state index < -0.39 is 5.82 Å². The van der Waals surface area contributed by atoms with E-state index in [1.807, 2.05) is 0 Å². The predicted molar refractivity (Wildman–Crippen MR) is 43.6 cm³/mol. The summed E-state index contributed by atoms with van der Waals surface area (Å²) in [5, 5.41) is 0. The molecule has 0 unspecified atom stereocenters. The van der Waals surface area contributed by atoms with Gasteiger partial charge in [-0.3, -0.25) is 0 Å². The smallest absolute Gasteiger partial charge is 0.211 e. The fourth-order valence-electron chi connectivity index (χ4n) is 0.811.